The monoisotopic (exact) mass is 380 g/mol. The van der Waals surface area contributed by atoms with Crippen molar-refractivity contribution in [3.8, 4) is 11.5 Å². The van der Waals surface area contributed by atoms with Crippen molar-refractivity contribution >= 4 is 15.7 Å². The molecule has 26 heavy (non-hydrogen) atoms. The molecule has 2 heterocycles. The van der Waals surface area contributed by atoms with Crippen LogP contribution < -0.4 is 9.47 Å². The largest absolute Gasteiger partial charge is 0.454 e. The van der Waals surface area contributed by atoms with E-state index in [1.807, 2.05) is 18.2 Å². The highest BCUT2D eigenvalue weighted by Crippen LogP contribution is 2.32. The molecule has 1 amide bonds. The molecule has 1 unspecified atom stereocenters. The van der Waals surface area contributed by atoms with Gasteiger partial charge in [-0.2, -0.15) is 0 Å². The first-order chi connectivity index (χ1) is 12.4. The standard InChI is InChI=1S/C18H24N2O5S/c1-3-10-26(22,23)14(2)18(21)20-8-6-19(7-9-20)12-15-4-5-16-17(11-15)25-13-24-16/h3-5,11,14H,1,6-10,12-13H2,2H3. The molecule has 1 atom stereocenters. The Morgan fingerprint density at radius 2 is 1.92 bits per heavy atom. The Kier molecular flexibility index (Phi) is 5.52. The van der Waals surface area contributed by atoms with Gasteiger partial charge >= 0.3 is 0 Å². The minimum Gasteiger partial charge on any atom is -0.454 e. The van der Waals surface area contributed by atoms with E-state index >= 15 is 0 Å². The van der Waals surface area contributed by atoms with Gasteiger partial charge in [0, 0.05) is 32.7 Å². The summed E-state index contributed by atoms with van der Waals surface area (Å²) in [7, 11) is -3.48. The first-order valence-electron chi connectivity index (χ1n) is 8.63. The van der Waals surface area contributed by atoms with Crippen molar-refractivity contribution in [2.45, 2.75) is 18.7 Å². The van der Waals surface area contributed by atoms with Crippen LogP contribution in [0.2, 0.25) is 0 Å². The molecular formula is C18H24N2O5S. The van der Waals surface area contributed by atoms with E-state index in [4.69, 9.17) is 9.47 Å². The Balaban J connectivity index is 1.54. The predicted molar refractivity (Wildman–Crippen MR) is 97.9 cm³/mol. The number of benzene rings is 1. The van der Waals surface area contributed by atoms with Crippen LogP contribution in [0.4, 0.5) is 0 Å². The van der Waals surface area contributed by atoms with E-state index in [2.05, 4.69) is 11.5 Å². The van der Waals surface area contributed by atoms with E-state index in [0.717, 1.165) is 23.6 Å². The second-order valence-electron chi connectivity index (χ2n) is 6.55. The van der Waals surface area contributed by atoms with Crippen molar-refractivity contribution in [2.24, 2.45) is 0 Å². The fraction of sp³-hybridized carbons (Fsp3) is 0.500. The van der Waals surface area contributed by atoms with Crippen LogP contribution in [-0.4, -0.2) is 68.1 Å². The summed E-state index contributed by atoms with van der Waals surface area (Å²) in [5.74, 6) is 1.02. The van der Waals surface area contributed by atoms with Gasteiger partial charge in [0.1, 0.15) is 5.25 Å². The van der Waals surface area contributed by atoms with Gasteiger partial charge in [0.15, 0.2) is 21.3 Å². The Labute approximate surface area is 154 Å². The number of hydrogen-bond donors (Lipinski definition) is 0. The Hall–Kier alpha value is -2.06. The summed E-state index contributed by atoms with van der Waals surface area (Å²) < 4.78 is 34.8. The lowest BCUT2D eigenvalue weighted by molar-refractivity contribution is -0.132. The molecule has 2 aliphatic heterocycles. The first kappa shape index (κ1) is 18.7. The Bertz CT molecular complexity index is 785. The third kappa shape index (κ3) is 4.02. The Morgan fingerprint density at radius 1 is 1.23 bits per heavy atom. The molecule has 7 nitrogen and oxygen atoms in total. The van der Waals surface area contributed by atoms with Crippen molar-refractivity contribution in [2.75, 3.05) is 38.7 Å². The molecule has 8 heteroatoms. The maximum atomic E-state index is 12.5. The summed E-state index contributed by atoms with van der Waals surface area (Å²) in [6.45, 7) is 8.37. The van der Waals surface area contributed by atoms with Crippen molar-refractivity contribution in [1.29, 1.82) is 0 Å². The number of rotatable bonds is 6. The highest BCUT2D eigenvalue weighted by atomic mass is 32.2. The number of carbonyl (C=O) groups is 1. The maximum Gasteiger partial charge on any atom is 0.240 e. The number of hydrogen-bond acceptors (Lipinski definition) is 6. The summed E-state index contributed by atoms with van der Waals surface area (Å²) in [4.78, 5) is 16.4. The van der Waals surface area contributed by atoms with Crippen LogP contribution in [-0.2, 0) is 21.2 Å². The van der Waals surface area contributed by atoms with Crippen LogP contribution in [0.25, 0.3) is 0 Å². The zero-order valence-electron chi connectivity index (χ0n) is 14.9. The molecule has 142 valence electrons. The number of nitrogens with zero attached hydrogens (tertiary/aromatic N) is 2. The van der Waals surface area contributed by atoms with E-state index in [1.165, 1.54) is 13.0 Å². The second-order valence-corrected chi connectivity index (χ2v) is 8.92. The zero-order chi connectivity index (χ0) is 18.7. The van der Waals surface area contributed by atoms with E-state index in [9.17, 15) is 13.2 Å². The highest BCUT2D eigenvalue weighted by Gasteiger charge is 2.32. The topological polar surface area (TPSA) is 76.2 Å². The quantitative estimate of drug-likeness (QED) is 0.687. The molecule has 1 saturated heterocycles. The fourth-order valence-electron chi connectivity index (χ4n) is 3.14. The number of sulfone groups is 1. The third-order valence-electron chi connectivity index (χ3n) is 4.76. The fourth-order valence-corrected chi connectivity index (χ4v) is 4.22. The second kappa shape index (κ2) is 7.67. The van der Waals surface area contributed by atoms with Crippen LogP contribution in [0.5, 0.6) is 11.5 Å². The molecule has 1 aromatic carbocycles. The summed E-state index contributed by atoms with van der Waals surface area (Å²) in [6, 6.07) is 5.89. The zero-order valence-corrected chi connectivity index (χ0v) is 15.7. The number of carbonyl (C=O) groups excluding carboxylic acids is 1. The van der Waals surface area contributed by atoms with Crippen LogP contribution in [0.1, 0.15) is 12.5 Å². The molecule has 1 fully saturated rings. The molecule has 0 aliphatic carbocycles. The van der Waals surface area contributed by atoms with Crippen molar-refractivity contribution < 1.29 is 22.7 Å². The SMILES string of the molecule is C=CCS(=O)(=O)C(C)C(=O)N1CCN(Cc2ccc3c(c2)OCO3)CC1. The number of piperazine rings is 1. The molecular weight excluding hydrogens is 356 g/mol. The summed E-state index contributed by atoms with van der Waals surface area (Å²) in [5.41, 5.74) is 1.12. The average molecular weight is 380 g/mol. The maximum absolute atomic E-state index is 12.5. The van der Waals surface area contributed by atoms with Crippen LogP contribution >= 0.6 is 0 Å². The molecule has 2 aliphatic rings. The lowest BCUT2D eigenvalue weighted by Gasteiger charge is -2.35. The van der Waals surface area contributed by atoms with E-state index in [-0.39, 0.29) is 18.5 Å². The molecule has 0 saturated carbocycles. The van der Waals surface area contributed by atoms with Gasteiger partial charge < -0.3 is 14.4 Å². The molecule has 0 spiro atoms. The molecule has 1 aromatic rings. The molecule has 3 rings (SSSR count). The van der Waals surface area contributed by atoms with Gasteiger partial charge in [-0.3, -0.25) is 9.69 Å². The van der Waals surface area contributed by atoms with Gasteiger partial charge in [0.05, 0.1) is 5.75 Å². The third-order valence-corrected chi connectivity index (χ3v) is 6.74. The molecule has 0 bridgehead atoms. The van der Waals surface area contributed by atoms with Gasteiger partial charge in [0.25, 0.3) is 0 Å². The predicted octanol–water partition coefficient (Wildman–Crippen LogP) is 1.05. The van der Waals surface area contributed by atoms with E-state index in [1.54, 1.807) is 4.90 Å². The minimum absolute atomic E-state index is 0.177. The van der Waals surface area contributed by atoms with Gasteiger partial charge in [-0.1, -0.05) is 12.1 Å². The van der Waals surface area contributed by atoms with Crippen LogP contribution in [0, 0.1) is 0 Å². The number of fused-ring (bicyclic) bond motifs is 1. The van der Waals surface area contributed by atoms with Gasteiger partial charge in [0.2, 0.25) is 12.7 Å². The first-order valence-corrected chi connectivity index (χ1v) is 10.3. The van der Waals surface area contributed by atoms with E-state index < -0.39 is 15.1 Å². The highest BCUT2D eigenvalue weighted by molar-refractivity contribution is 7.92. The minimum atomic E-state index is -3.48. The van der Waals surface area contributed by atoms with Crippen LogP contribution in [0.15, 0.2) is 30.9 Å². The van der Waals surface area contributed by atoms with Crippen molar-refractivity contribution in [3.05, 3.63) is 36.4 Å². The van der Waals surface area contributed by atoms with Crippen molar-refractivity contribution in [3.63, 3.8) is 0 Å². The molecule has 0 N–H and O–H groups in total. The number of ether oxygens (including phenoxy) is 2. The summed E-state index contributed by atoms with van der Waals surface area (Å²) >= 11 is 0. The lowest BCUT2D eigenvalue weighted by Crippen LogP contribution is -2.52. The lowest BCUT2D eigenvalue weighted by atomic mass is 10.1. The summed E-state index contributed by atoms with van der Waals surface area (Å²) in [6.07, 6.45) is 1.32. The normalized spacial score (nSPS) is 18.6. The smallest absolute Gasteiger partial charge is 0.240 e. The van der Waals surface area contributed by atoms with Crippen LogP contribution in [0.3, 0.4) is 0 Å². The van der Waals surface area contributed by atoms with Gasteiger partial charge in [-0.05, 0) is 24.6 Å². The number of amides is 1. The average Bonchev–Trinajstić information content (AvgIpc) is 3.09. The summed E-state index contributed by atoms with van der Waals surface area (Å²) in [5, 5.41) is -1.03. The van der Waals surface area contributed by atoms with Gasteiger partial charge in [-0.15, -0.1) is 6.58 Å². The Morgan fingerprint density at radius 3 is 2.62 bits per heavy atom. The molecule has 0 aromatic heterocycles. The van der Waals surface area contributed by atoms with Crippen molar-refractivity contribution in [1.82, 2.24) is 9.80 Å². The van der Waals surface area contributed by atoms with Gasteiger partial charge in [-0.25, -0.2) is 8.42 Å². The molecule has 0 radical (unpaired) electrons. The van der Waals surface area contributed by atoms with E-state index in [0.29, 0.717) is 26.2 Å².